The van der Waals surface area contributed by atoms with Crippen LogP contribution in [-0.4, -0.2) is 35.8 Å². The highest BCUT2D eigenvalue weighted by Crippen LogP contribution is 2.50. The second-order valence-electron chi connectivity index (χ2n) is 10.8. The predicted molar refractivity (Wildman–Crippen MR) is 135 cm³/mol. The fourth-order valence-electron chi connectivity index (χ4n) is 3.87. The molecule has 3 rings (SSSR count). The van der Waals surface area contributed by atoms with Crippen LogP contribution in [0.3, 0.4) is 0 Å². The van der Waals surface area contributed by atoms with Crippen molar-refractivity contribution in [1.29, 1.82) is 0 Å². The molecule has 7 nitrogen and oxygen atoms in total. The van der Waals surface area contributed by atoms with E-state index in [4.69, 9.17) is 9.47 Å². The number of alkyl carbamates (subject to hydrolysis) is 1. The number of ether oxygens (including phenoxy) is 2. The smallest absolute Gasteiger partial charge is 0.408 e. The van der Waals surface area contributed by atoms with Crippen LogP contribution >= 0.6 is 0 Å². The van der Waals surface area contributed by atoms with E-state index in [-0.39, 0.29) is 24.7 Å². The lowest BCUT2D eigenvalue weighted by molar-refractivity contribution is -0.178. The Balaban J connectivity index is 1.73. The summed E-state index contributed by atoms with van der Waals surface area (Å²) in [6, 6.07) is 10.1. The summed E-state index contributed by atoms with van der Waals surface area (Å²) >= 11 is 0. The summed E-state index contributed by atoms with van der Waals surface area (Å²) < 4.78 is 65.7. The van der Waals surface area contributed by atoms with Crippen molar-refractivity contribution in [2.24, 2.45) is 11.3 Å². The minimum absolute atomic E-state index is 0.206. The molecule has 0 heterocycles. The number of hydrogen-bond acceptors (Lipinski definition) is 5. The van der Waals surface area contributed by atoms with Crippen LogP contribution in [0.4, 0.5) is 28.0 Å². The van der Waals surface area contributed by atoms with Crippen molar-refractivity contribution < 1.29 is 41.4 Å². The second kappa shape index (κ2) is 11.6. The maximum Gasteiger partial charge on any atom is 0.408 e. The summed E-state index contributed by atoms with van der Waals surface area (Å²) in [7, 11) is 0. The van der Waals surface area contributed by atoms with E-state index in [1.807, 2.05) is 5.32 Å². The molecular weight excluding hydrogens is 520 g/mol. The molecule has 1 aliphatic carbocycles. The standard InChI is InChI=1S/C28H32F4N2O5/c1-17(28(30,31)32)22(34-25(37)38-16-18-8-6-5-7-9-18)23(35)33-21-14-19(10-11-20(21)29)15-27(12-13-27)24(36)39-26(2,3)4/h5-11,14,17,22H,12-13,15-16H2,1-4H3,(H,33,35)(H,34,37)/t17?,22-/m0/s1. The highest BCUT2D eigenvalue weighted by molar-refractivity contribution is 5.97. The van der Waals surface area contributed by atoms with Gasteiger partial charge in [0.05, 0.1) is 17.0 Å². The maximum absolute atomic E-state index is 14.6. The van der Waals surface area contributed by atoms with Crippen LogP contribution in [0, 0.1) is 17.2 Å². The number of benzene rings is 2. The molecule has 0 saturated heterocycles. The van der Waals surface area contributed by atoms with Crippen molar-refractivity contribution in [3.8, 4) is 0 Å². The van der Waals surface area contributed by atoms with Crippen molar-refractivity contribution in [1.82, 2.24) is 5.32 Å². The number of nitrogens with one attached hydrogen (secondary N) is 2. The van der Waals surface area contributed by atoms with E-state index in [9.17, 15) is 31.9 Å². The van der Waals surface area contributed by atoms with Crippen LogP contribution in [-0.2, 0) is 32.1 Å². The van der Waals surface area contributed by atoms with Crippen molar-refractivity contribution in [2.75, 3.05) is 5.32 Å². The van der Waals surface area contributed by atoms with Gasteiger partial charge in [-0.25, -0.2) is 9.18 Å². The van der Waals surface area contributed by atoms with Gasteiger partial charge in [-0.05, 0) is 63.3 Å². The first-order chi connectivity index (χ1) is 18.1. The van der Waals surface area contributed by atoms with E-state index in [2.05, 4.69) is 5.32 Å². The molecule has 2 amide bonds. The van der Waals surface area contributed by atoms with E-state index >= 15 is 0 Å². The van der Waals surface area contributed by atoms with E-state index in [0.717, 1.165) is 13.0 Å². The molecule has 11 heteroatoms. The van der Waals surface area contributed by atoms with E-state index in [1.54, 1.807) is 51.1 Å². The third-order valence-electron chi connectivity index (χ3n) is 6.30. The van der Waals surface area contributed by atoms with Crippen LogP contribution in [0.15, 0.2) is 48.5 Å². The monoisotopic (exact) mass is 552 g/mol. The number of anilines is 1. The number of alkyl halides is 3. The van der Waals surface area contributed by atoms with Gasteiger partial charge in [-0.1, -0.05) is 43.3 Å². The van der Waals surface area contributed by atoms with Crippen LogP contribution in [0.1, 0.15) is 51.7 Å². The first-order valence-electron chi connectivity index (χ1n) is 12.5. The van der Waals surface area contributed by atoms with Crippen molar-refractivity contribution >= 4 is 23.7 Å². The Kier molecular flexibility index (Phi) is 8.92. The van der Waals surface area contributed by atoms with Gasteiger partial charge in [-0.15, -0.1) is 0 Å². The summed E-state index contributed by atoms with van der Waals surface area (Å²) in [5, 5.41) is 4.11. The fraction of sp³-hybridized carbons (Fsp3) is 0.464. The molecule has 2 aromatic carbocycles. The minimum Gasteiger partial charge on any atom is -0.460 e. The van der Waals surface area contributed by atoms with Gasteiger partial charge >= 0.3 is 18.2 Å². The number of carbonyl (C=O) groups excluding carboxylic acids is 3. The fourth-order valence-corrected chi connectivity index (χ4v) is 3.87. The molecule has 1 fully saturated rings. The maximum atomic E-state index is 14.6. The quantitative estimate of drug-likeness (QED) is 0.298. The number of amides is 2. The molecular formula is C28H32F4N2O5. The Bertz CT molecular complexity index is 1190. The van der Waals surface area contributed by atoms with Gasteiger partial charge < -0.3 is 20.1 Å². The molecule has 39 heavy (non-hydrogen) atoms. The number of esters is 1. The molecule has 0 aliphatic heterocycles. The Morgan fingerprint density at radius 2 is 1.64 bits per heavy atom. The summed E-state index contributed by atoms with van der Waals surface area (Å²) in [6.45, 7) is 5.74. The molecule has 2 aromatic rings. The molecule has 0 radical (unpaired) electrons. The van der Waals surface area contributed by atoms with Gasteiger partial charge in [0.25, 0.3) is 0 Å². The first kappa shape index (κ1) is 29.9. The lowest BCUT2D eigenvalue weighted by Gasteiger charge is -2.26. The van der Waals surface area contributed by atoms with Crippen LogP contribution < -0.4 is 10.6 Å². The average Bonchev–Trinajstić information content (AvgIpc) is 3.62. The lowest BCUT2D eigenvalue weighted by Crippen LogP contribution is -2.52. The van der Waals surface area contributed by atoms with Gasteiger partial charge in [-0.2, -0.15) is 13.2 Å². The molecule has 0 spiro atoms. The third-order valence-corrected chi connectivity index (χ3v) is 6.30. The van der Waals surface area contributed by atoms with Gasteiger partial charge in [0.1, 0.15) is 24.1 Å². The van der Waals surface area contributed by atoms with Crippen LogP contribution in [0.5, 0.6) is 0 Å². The van der Waals surface area contributed by atoms with E-state index < -0.39 is 47.0 Å². The SMILES string of the molecule is CC([C@H](NC(=O)OCc1ccccc1)C(=O)Nc1cc(CC2(C(=O)OC(C)(C)C)CC2)ccc1F)C(F)(F)F. The number of hydrogen-bond donors (Lipinski definition) is 2. The summed E-state index contributed by atoms with van der Waals surface area (Å²) in [5.74, 6) is -4.86. The molecule has 2 atom stereocenters. The molecule has 0 bridgehead atoms. The van der Waals surface area contributed by atoms with Gasteiger partial charge in [-0.3, -0.25) is 9.59 Å². The third kappa shape index (κ3) is 8.43. The zero-order valence-electron chi connectivity index (χ0n) is 22.2. The highest BCUT2D eigenvalue weighted by Gasteiger charge is 2.52. The van der Waals surface area contributed by atoms with Crippen molar-refractivity contribution in [2.45, 2.75) is 71.4 Å². The second-order valence-corrected chi connectivity index (χ2v) is 10.8. The highest BCUT2D eigenvalue weighted by atomic mass is 19.4. The van der Waals surface area contributed by atoms with Gasteiger partial charge in [0.15, 0.2) is 0 Å². The van der Waals surface area contributed by atoms with Crippen molar-refractivity contribution in [3.63, 3.8) is 0 Å². The Labute approximate surface area is 224 Å². The van der Waals surface area contributed by atoms with Crippen LogP contribution in [0.25, 0.3) is 0 Å². The Morgan fingerprint density at radius 1 is 1.00 bits per heavy atom. The summed E-state index contributed by atoms with van der Waals surface area (Å²) in [6.07, 6.45) is -4.74. The topological polar surface area (TPSA) is 93.7 Å². The molecule has 0 aromatic heterocycles. The molecule has 1 aliphatic rings. The van der Waals surface area contributed by atoms with Crippen LogP contribution in [0.2, 0.25) is 0 Å². The number of carbonyl (C=O) groups is 3. The molecule has 2 N–H and O–H groups in total. The zero-order valence-corrected chi connectivity index (χ0v) is 22.2. The number of halogens is 4. The average molecular weight is 553 g/mol. The number of rotatable bonds is 9. The predicted octanol–water partition coefficient (Wildman–Crippen LogP) is 5.92. The molecule has 1 unspecified atom stereocenters. The molecule has 1 saturated carbocycles. The largest absolute Gasteiger partial charge is 0.460 e. The Morgan fingerprint density at radius 3 is 2.21 bits per heavy atom. The van der Waals surface area contributed by atoms with E-state index in [1.165, 1.54) is 12.1 Å². The molecule has 212 valence electrons. The van der Waals surface area contributed by atoms with Crippen molar-refractivity contribution in [3.05, 3.63) is 65.5 Å². The first-order valence-corrected chi connectivity index (χ1v) is 12.5. The summed E-state index contributed by atoms with van der Waals surface area (Å²) in [5.41, 5.74) is -0.754. The lowest BCUT2D eigenvalue weighted by atomic mass is 9.95. The minimum atomic E-state index is -4.85. The van der Waals surface area contributed by atoms with Gasteiger partial charge in [0.2, 0.25) is 5.91 Å². The zero-order chi connectivity index (χ0) is 29.0. The Hall–Kier alpha value is -3.63. The normalized spacial score (nSPS) is 16.0. The summed E-state index contributed by atoms with van der Waals surface area (Å²) in [4.78, 5) is 37.8. The van der Waals surface area contributed by atoms with E-state index in [0.29, 0.717) is 24.0 Å². The van der Waals surface area contributed by atoms with Gasteiger partial charge in [0, 0.05) is 0 Å².